The fourth-order valence-corrected chi connectivity index (χ4v) is 3.09. The van der Waals surface area contributed by atoms with Gasteiger partial charge in [-0.1, -0.05) is 48.0 Å². The first-order valence-electron chi connectivity index (χ1n) is 8.08. The molecule has 0 aromatic heterocycles. The van der Waals surface area contributed by atoms with Crippen molar-refractivity contribution in [2.75, 3.05) is 26.2 Å². The molecule has 2 aromatic carbocycles. The number of halogens is 1. The maximum absolute atomic E-state index is 9.56. The SMILES string of the molecule is N#CC(c1ccc(OCc2ccccc2)c(Cl)c1)N1CCNCC1. The fraction of sp³-hybridized carbons (Fsp3) is 0.316. The number of ether oxygens (including phenoxy) is 1. The minimum atomic E-state index is -0.271. The number of benzene rings is 2. The van der Waals surface area contributed by atoms with Crippen LogP contribution in [-0.4, -0.2) is 31.1 Å². The van der Waals surface area contributed by atoms with Crippen LogP contribution >= 0.6 is 11.6 Å². The van der Waals surface area contributed by atoms with Crippen molar-refractivity contribution in [3.63, 3.8) is 0 Å². The highest BCUT2D eigenvalue weighted by Gasteiger charge is 2.22. The van der Waals surface area contributed by atoms with Crippen molar-refractivity contribution >= 4 is 11.6 Å². The summed E-state index contributed by atoms with van der Waals surface area (Å²) in [6, 6.07) is 17.7. The number of hydrogen-bond acceptors (Lipinski definition) is 4. The summed E-state index contributed by atoms with van der Waals surface area (Å²) in [5.41, 5.74) is 2.00. The quantitative estimate of drug-likeness (QED) is 0.905. The zero-order chi connectivity index (χ0) is 16.8. The number of nitrogens with one attached hydrogen (secondary N) is 1. The molecule has 1 fully saturated rings. The number of nitriles is 1. The van der Waals surface area contributed by atoms with Crippen molar-refractivity contribution in [3.8, 4) is 11.8 Å². The van der Waals surface area contributed by atoms with Crippen molar-refractivity contribution < 1.29 is 4.74 Å². The van der Waals surface area contributed by atoms with Gasteiger partial charge in [0.05, 0.1) is 11.1 Å². The van der Waals surface area contributed by atoms with Crippen LogP contribution < -0.4 is 10.1 Å². The van der Waals surface area contributed by atoms with Crippen molar-refractivity contribution in [1.29, 1.82) is 5.26 Å². The van der Waals surface area contributed by atoms with Gasteiger partial charge in [0.25, 0.3) is 0 Å². The van der Waals surface area contributed by atoms with Crippen LogP contribution in [0.5, 0.6) is 5.75 Å². The van der Waals surface area contributed by atoms with Gasteiger partial charge in [-0.05, 0) is 23.3 Å². The molecule has 0 bridgehead atoms. The van der Waals surface area contributed by atoms with Gasteiger partial charge < -0.3 is 10.1 Å². The van der Waals surface area contributed by atoms with Crippen LogP contribution in [0.4, 0.5) is 0 Å². The lowest BCUT2D eigenvalue weighted by molar-refractivity contribution is 0.207. The highest BCUT2D eigenvalue weighted by molar-refractivity contribution is 6.32. The summed E-state index contributed by atoms with van der Waals surface area (Å²) in [6.45, 7) is 4.01. The van der Waals surface area contributed by atoms with E-state index < -0.39 is 0 Å². The predicted octanol–water partition coefficient (Wildman–Crippen LogP) is 3.39. The molecule has 5 heteroatoms. The first kappa shape index (κ1) is 16.8. The molecule has 3 rings (SSSR count). The molecule has 1 heterocycles. The second-order valence-corrected chi connectivity index (χ2v) is 6.19. The lowest BCUT2D eigenvalue weighted by Gasteiger charge is -2.31. The van der Waals surface area contributed by atoms with E-state index in [2.05, 4.69) is 16.3 Å². The Morgan fingerprint density at radius 2 is 1.92 bits per heavy atom. The molecule has 1 atom stereocenters. The second kappa shape index (κ2) is 8.16. The van der Waals surface area contributed by atoms with Crippen LogP contribution in [0, 0.1) is 11.3 Å². The Labute approximate surface area is 147 Å². The highest BCUT2D eigenvalue weighted by atomic mass is 35.5. The van der Waals surface area contributed by atoms with Crippen molar-refractivity contribution in [2.45, 2.75) is 12.6 Å². The van der Waals surface area contributed by atoms with Crippen LogP contribution in [-0.2, 0) is 6.61 Å². The average Bonchev–Trinajstić information content (AvgIpc) is 2.63. The molecular formula is C19H20ClN3O. The van der Waals surface area contributed by atoms with Gasteiger partial charge in [-0.3, -0.25) is 4.90 Å². The zero-order valence-electron chi connectivity index (χ0n) is 13.4. The van der Waals surface area contributed by atoms with Gasteiger partial charge in [0, 0.05) is 26.2 Å². The molecule has 24 heavy (non-hydrogen) atoms. The molecule has 1 aliphatic heterocycles. The summed E-state index contributed by atoms with van der Waals surface area (Å²) in [4.78, 5) is 2.17. The minimum absolute atomic E-state index is 0.271. The maximum atomic E-state index is 9.56. The van der Waals surface area contributed by atoms with Gasteiger partial charge in [-0.2, -0.15) is 5.26 Å². The Morgan fingerprint density at radius 3 is 2.58 bits per heavy atom. The van der Waals surface area contributed by atoms with Gasteiger partial charge in [0.1, 0.15) is 18.4 Å². The smallest absolute Gasteiger partial charge is 0.138 e. The molecule has 4 nitrogen and oxygen atoms in total. The third-order valence-corrected chi connectivity index (χ3v) is 4.44. The molecule has 1 N–H and O–H groups in total. The largest absolute Gasteiger partial charge is 0.487 e. The molecule has 1 aliphatic rings. The van der Waals surface area contributed by atoms with E-state index in [-0.39, 0.29) is 6.04 Å². The van der Waals surface area contributed by atoms with Crippen LogP contribution in [0.3, 0.4) is 0 Å². The van der Waals surface area contributed by atoms with Gasteiger partial charge in [-0.25, -0.2) is 0 Å². The number of nitrogens with zero attached hydrogens (tertiary/aromatic N) is 2. The van der Waals surface area contributed by atoms with E-state index in [0.717, 1.165) is 37.3 Å². The molecule has 2 aromatic rings. The van der Waals surface area contributed by atoms with E-state index in [9.17, 15) is 5.26 Å². The lowest BCUT2D eigenvalue weighted by Crippen LogP contribution is -2.44. The van der Waals surface area contributed by atoms with Gasteiger partial charge in [-0.15, -0.1) is 0 Å². The summed E-state index contributed by atoms with van der Waals surface area (Å²) >= 11 is 6.37. The van der Waals surface area contributed by atoms with E-state index in [0.29, 0.717) is 17.4 Å². The second-order valence-electron chi connectivity index (χ2n) is 5.78. The molecule has 0 aliphatic carbocycles. The van der Waals surface area contributed by atoms with Crippen LogP contribution in [0.2, 0.25) is 5.02 Å². The molecule has 0 radical (unpaired) electrons. The molecule has 1 unspecified atom stereocenters. The van der Waals surface area contributed by atoms with Gasteiger partial charge >= 0.3 is 0 Å². The Kier molecular flexibility index (Phi) is 5.71. The van der Waals surface area contributed by atoms with E-state index in [1.807, 2.05) is 48.5 Å². The first-order chi connectivity index (χ1) is 11.8. The van der Waals surface area contributed by atoms with Crippen molar-refractivity contribution in [1.82, 2.24) is 10.2 Å². The topological polar surface area (TPSA) is 48.3 Å². The minimum Gasteiger partial charge on any atom is -0.487 e. The van der Waals surface area contributed by atoms with Crippen LogP contribution in [0.15, 0.2) is 48.5 Å². The predicted molar refractivity (Wildman–Crippen MR) is 95.0 cm³/mol. The summed E-state index contributed by atoms with van der Waals surface area (Å²) in [7, 11) is 0. The van der Waals surface area contributed by atoms with E-state index in [4.69, 9.17) is 16.3 Å². The molecule has 0 saturated carbocycles. The molecule has 0 spiro atoms. The number of rotatable bonds is 5. The van der Waals surface area contributed by atoms with Gasteiger partial charge in [0.15, 0.2) is 0 Å². The van der Waals surface area contributed by atoms with Crippen LogP contribution in [0.1, 0.15) is 17.2 Å². The summed E-state index contributed by atoms with van der Waals surface area (Å²) in [6.07, 6.45) is 0. The zero-order valence-corrected chi connectivity index (χ0v) is 14.2. The van der Waals surface area contributed by atoms with Crippen LogP contribution in [0.25, 0.3) is 0 Å². The molecule has 0 amide bonds. The third-order valence-electron chi connectivity index (χ3n) is 4.15. The summed E-state index contributed by atoms with van der Waals surface area (Å²) in [5, 5.41) is 13.4. The lowest BCUT2D eigenvalue weighted by atomic mass is 10.1. The number of piperazine rings is 1. The maximum Gasteiger partial charge on any atom is 0.138 e. The summed E-state index contributed by atoms with van der Waals surface area (Å²) in [5.74, 6) is 0.640. The average molecular weight is 342 g/mol. The van der Waals surface area contributed by atoms with E-state index in [1.54, 1.807) is 0 Å². The van der Waals surface area contributed by atoms with Gasteiger partial charge in [0.2, 0.25) is 0 Å². The highest BCUT2D eigenvalue weighted by Crippen LogP contribution is 2.30. The molecule has 124 valence electrons. The fourth-order valence-electron chi connectivity index (χ4n) is 2.85. The van der Waals surface area contributed by atoms with E-state index in [1.165, 1.54) is 0 Å². The normalized spacial score (nSPS) is 16.3. The standard InChI is InChI=1S/C19H20ClN3O/c20-17-12-16(18(13-21)23-10-8-22-9-11-23)6-7-19(17)24-14-15-4-2-1-3-5-15/h1-7,12,18,22H,8-11,14H2. The third kappa shape index (κ3) is 4.07. The van der Waals surface area contributed by atoms with Crippen molar-refractivity contribution in [3.05, 3.63) is 64.7 Å². The monoisotopic (exact) mass is 341 g/mol. The molecular weight excluding hydrogens is 322 g/mol. The van der Waals surface area contributed by atoms with Crippen molar-refractivity contribution in [2.24, 2.45) is 0 Å². The Hall–Kier alpha value is -2.06. The Balaban J connectivity index is 1.70. The first-order valence-corrected chi connectivity index (χ1v) is 8.46. The Bertz CT molecular complexity index is 708. The molecule has 1 saturated heterocycles. The van der Waals surface area contributed by atoms with E-state index >= 15 is 0 Å². The Morgan fingerprint density at radius 1 is 1.17 bits per heavy atom. The summed E-state index contributed by atoms with van der Waals surface area (Å²) < 4.78 is 5.80. The number of hydrogen-bond donors (Lipinski definition) is 1.